The number of hydrogen-bond acceptors (Lipinski definition) is 3. The minimum Gasteiger partial charge on any atom is -0.297 e. The van der Waals surface area contributed by atoms with Gasteiger partial charge in [0, 0.05) is 25.7 Å². The van der Waals surface area contributed by atoms with Gasteiger partial charge >= 0.3 is 0 Å². The number of nitrogens with zero attached hydrogens (tertiary/aromatic N) is 1. The smallest absolute Gasteiger partial charge is 0.240 e. The summed E-state index contributed by atoms with van der Waals surface area (Å²) in [6, 6.07) is 18.8. The number of hydrogen-bond donors (Lipinski definition) is 1. The molecule has 0 radical (unpaired) electrons. The lowest BCUT2D eigenvalue weighted by Gasteiger charge is -2.17. The van der Waals surface area contributed by atoms with Crippen molar-refractivity contribution in [3.05, 3.63) is 66.2 Å². The molecule has 1 atom stereocenters. The number of likely N-dealkylation sites (tertiary alicyclic amines) is 1. The Hall–Kier alpha value is -1.69. The number of sulfonamides is 1. The molecule has 116 valence electrons. The monoisotopic (exact) mass is 316 g/mol. The van der Waals surface area contributed by atoms with E-state index >= 15 is 0 Å². The summed E-state index contributed by atoms with van der Waals surface area (Å²) in [5, 5.41) is 0. The molecule has 1 N–H and O–H groups in total. The summed E-state index contributed by atoms with van der Waals surface area (Å²) in [5.41, 5.74) is 1.26. The molecule has 1 fully saturated rings. The molecule has 0 aliphatic carbocycles. The van der Waals surface area contributed by atoms with Gasteiger partial charge in [-0.15, -0.1) is 0 Å². The molecule has 0 spiro atoms. The maximum atomic E-state index is 12.3. The Labute approximate surface area is 131 Å². The topological polar surface area (TPSA) is 49.4 Å². The van der Waals surface area contributed by atoms with Crippen LogP contribution in [0.15, 0.2) is 65.6 Å². The van der Waals surface area contributed by atoms with E-state index in [4.69, 9.17) is 0 Å². The fourth-order valence-electron chi connectivity index (χ4n) is 2.80. The van der Waals surface area contributed by atoms with Gasteiger partial charge in [-0.25, -0.2) is 13.1 Å². The zero-order chi connectivity index (χ0) is 15.4. The molecule has 1 aliphatic heterocycles. The summed E-state index contributed by atoms with van der Waals surface area (Å²) in [6.07, 6.45) is 0.846. The van der Waals surface area contributed by atoms with Crippen LogP contribution < -0.4 is 4.72 Å². The van der Waals surface area contributed by atoms with Crippen molar-refractivity contribution in [2.75, 3.05) is 13.1 Å². The summed E-state index contributed by atoms with van der Waals surface area (Å²) in [4.78, 5) is 2.62. The fraction of sp³-hybridized carbons (Fsp3) is 0.294. The minimum absolute atomic E-state index is 0.0195. The highest BCUT2D eigenvalue weighted by Gasteiger charge is 2.27. The maximum Gasteiger partial charge on any atom is 0.240 e. The minimum atomic E-state index is -3.42. The van der Waals surface area contributed by atoms with Crippen LogP contribution in [0.4, 0.5) is 0 Å². The Morgan fingerprint density at radius 1 is 1.00 bits per heavy atom. The summed E-state index contributed by atoms with van der Waals surface area (Å²) in [6.45, 7) is 2.53. The van der Waals surface area contributed by atoms with Crippen LogP contribution in [-0.2, 0) is 16.6 Å². The van der Waals surface area contributed by atoms with Crippen LogP contribution in [0.5, 0.6) is 0 Å². The quantitative estimate of drug-likeness (QED) is 0.920. The van der Waals surface area contributed by atoms with Gasteiger partial charge in [0.15, 0.2) is 0 Å². The highest BCUT2D eigenvalue weighted by atomic mass is 32.2. The van der Waals surface area contributed by atoms with E-state index in [2.05, 4.69) is 21.8 Å². The zero-order valence-corrected chi connectivity index (χ0v) is 13.2. The Balaban J connectivity index is 1.59. The molecule has 4 nitrogen and oxygen atoms in total. The van der Waals surface area contributed by atoms with Crippen LogP contribution in [-0.4, -0.2) is 32.4 Å². The molecular weight excluding hydrogens is 296 g/mol. The van der Waals surface area contributed by atoms with Gasteiger partial charge < -0.3 is 0 Å². The molecule has 1 unspecified atom stereocenters. The molecular formula is C17H20N2O2S. The molecule has 1 heterocycles. The standard InChI is InChI=1S/C17H20N2O2S/c20-22(21,17-9-5-2-6-10-17)18-16-11-12-19(14-16)13-15-7-3-1-4-8-15/h1-10,16,18H,11-14H2. The summed E-state index contributed by atoms with van der Waals surface area (Å²) >= 11 is 0. The van der Waals surface area contributed by atoms with Crippen LogP contribution in [0.25, 0.3) is 0 Å². The summed E-state index contributed by atoms with van der Waals surface area (Å²) in [7, 11) is -3.42. The molecule has 1 aliphatic rings. The predicted molar refractivity (Wildman–Crippen MR) is 86.9 cm³/mol. The first-order chi connectivity index (χ1) is 10.6. The summed E-state index contributed by atoms with van der Waals surface area (Å²) < 4.78 is 27.5. The van der Waals surface area contributed by atoms with Gasteiger partial charge in [0.2, 0.25) is 10.0 Å². The van der Waals surface area contributed by atoms with Crippen LogP contribution >= 0.6 is 0 Å². The Morgan fingerprint density at radius 2 is 1.64 bits per heavy atom. The average molecular weight is 316 g/mol. The first kappa shape index (κ1) is 15.2. The third-order valence-electron chi connectivity index (χ3n) is 3.90. The van der Waals surface area contributed by atoms with E-state index in [9.17, 15) is 8.42 Å². The largest absolute Gasteiger partial charge is 0.297 e. The molecule has 1 saturated heterocycles. The van der Waals surface area contributed by atoms with Gasteiger partial charge in [-0.3, -0.25) is 4.90 Å². The lowest BCUT2D eigenvalue weighted by molar-refractivity contribution is 0.324. The molecule has 0 saturated carbocycles. The first-order valence-corrected chi connectivity index (χ1v) is 8.95. The van der Waals surface area contributed by atoms with Crippen molar-refractivity contribution in [1.82, 2.24) is 9.62 Å². The Morgan fingerprint density at radius 3 is 2.32 bits per heavy atom. The average Bonchev–Trinajstić information content (AvgIpc) is 2.95. The van der Waals surface area contributed by atoms with Crippen molar-refractivity contribution in [2.24, 2.45) is 0 Å². The second-order valence-corrected chi connectivity index (χ2v) is 7.35. The van der Waals surface area contributed by atoms with Crippen molar-refractivity contribution in [1.29, 1.82) is 0 Å². The van der Waals surface area contributed by atoms with E-state index in [-0.39, 0.29) is 6.04 Å². The second-order valence-electron chi connectivity index (χ2n) is 5.64. The van der Waals surface area contributed by atoms with E-state index in [1.165, 1.54) is 5.56 Å². The number of rotatable bonds is 5. The van der Waals surface area contributed by atoms with Gasteiger partial charge in [-0.05, 0) is 24.1 Å². The van der Waals surface area contributed by atoms with Gasteiger partial charge in [0.25, 0.3) is 0 Å². The Bertz CT molecular complexity index is 702. The van der Waals surface area contributed by atoms with E-state index in [0.717, 1.165) is 26.1 Å². The lowest BCUT2D eigenvalue weighted by Crippen LogP contribution is -2.36. The molecule has 2 aromatic carbocycles. The zero-order valence-electron chi connectivity index (χ0n) is 12.4. The first-order valence-electron chi connectivity index (χ1n) is 7.47. The van der Waals surface area contributed by atoms with Crippen molar-refractivity contribution >= 4 is 10.0 Å². The second kappa shape index (κ2) is 6.60. The third-order valence-corrected chi connectivity index (χ3v) is 5.43. The van der Waals surface area contributed by atoms with Gasteiger partial charge in [0.1, 0.15) is 0 Å². The molecule has 0 amide bonds. The molecule has 0 aromatic heterocycles. The van der Waals surface area contributed by atoms with Crippen molar-refractivity contribution in [2.45, 2.75) is 23.9 Å². The maximum absolute atomic E-state index is 12.3. The molecule has 3 rings (SSSR count). The van der Waals surface area contributed by atoms with E-state index in [0.29, 0.717) is 4.90 Å². The SMILES string of the molecule is O=S(=O)(NC1CCN(Cc2ccccc2)C1)c1ccccc1. The summed E-state index contributed by atoms with van der Waals surface area (Å²) in [5.74, 6) is 0. The van der Waals surface area contributed by atoms with Crippen molar-refractivity contribution in [3.8, 4) is 0 Å². The van der Waals surface area contributed by atoms with E-state index in [1.807, 2.05) is 24.3 Å². The van der Waals surface area contributed by atoms with Crippen molar-refractivity contribution in [3.63, 3.8) is 0 Å². The van der Waals surface area contributed by atoms with Crippen LogP contribution in [0.3, 0.4) is 0 Å². The highest BCUT2D eigenvalue weighted by molar-refractivity contribution is 7.89. The van der Waals surface area contributed by atoms with Crippen LogP contribution in [0.1, 0.15) is 12.0 Å². The van der Waals surface area contributed by atoms with E-state index in [1.54, 1.807) is 24.3 Å². The van der Waals surface area contributed by atoms with Gasteiger partial charge in [0.05, 0.1) is 4.90 Å². The fourth-order valence-corrected chi connectivity index (χ4v) is 4.08. The van der Waals surface area contributed by atoms with Crippen molar-refractivity contribution < 1.29 is 8.42 Å². The highest BCUT2D eigenvalue weighted by Crippen LogP contribution is 2.16. The molecule has 5 heteroatoms. The normalized spacial score (nSPS) is 19.4. The molecule has 22 heavy (non-hydrogen) atoms. The van der Waals surface area contributed by atoms with E-state index < -0.39 is 10.0 Å². The molecule has 0 bridgehead atoms. The number of benzene rings is 2. The van der Waals surface area contributed by atoms with Gasteiger partial charge in [-0.2, -0.15) is 0 Å². The lowest BCUT2D eigenvalue weighted by atomic mass is 10.2. The van der Waals surface area contributed by atoms with Gasteiger partial charge in [-0.1, -0.05) is 48.5 Å². The molecule has 2 aromatic rings. The Kier molecular flexibility index (Phi) is 4.57. The van der Waals surface area contributed by atoms with Crippen LogP contribution in [0, 0.1) is 0 Å². The third kappa shape index (κ3) is 3.74. The van der Waals surface area contributed by atoms with Crippen LogP contribution in [0.2, 0.25) is 0 Å². The predicted octanol–water partition coefficient (Wildman–Crippen LogP) is 2.24. The number of nitrogens with one attached hydrogen (secondary N) is 1.